The number of aliphatic carboxylic acids is 1. The van der Waals surface area contributed by atoms with E-state index in [2.05, 4.69) is 10.3 Å². The Bertz CT molecular complexity index is 402. The Morgan fingerprint density at radius 1 is 1.53 bits per heavy atom. The van der Waals surface area contributed by atoms with Gasteiger partial charge in [-0.3, -0.25) is 4.79 Å². The fourth-order valence-corrected chi connectivity index (χ4v) is 1.22. The first-order valence-corrected chi connectivity index (χ1v) is 5.12. The van der Waals surface area contributed by atoms with Gasteiger partial charge in [0.25, 0.3) is 5.91 Å². The van der Waals surface area contributed by atoms with Crippen molar-refractivity contribution in [3.8, 4) is 5.88 Å². The molecule has 0 bridgehead atoms. The number of amides is 1. The Labute approximate surface area is 98.6 Å². The molecule has 0 radical (unpaired) electrons. The molecule has 1 aromatic heterocycles. The van der Waals surface area contributed by atoms with E-state index in [1.165, 1.54) is 25.4 Å². The van der Waals surface area contributed by atoms with Gasteiger partial charge in [-0.05, 0) is 12.5 Å². The van der Waals surface area contributed by atoms with Gasteiger partial charge < -0.3 is 15.2 Å². The molecule has 6 nitrogen and oxygen atoms in total. The molecule has 0 spiro atoms. The molecule has 0 aliphatic heterocycles. The fraction of sp³-hybridized carbons (Fsp3) is 0.364. The first kappa shape index (κ1) is 13.0. The van der Waals surface area contributed by atoms with E-state index in [0.29, 0.717) is 17.9 Å². The summed E-state index contributed by atoms with van der Waals surface area (Å²) >= 11 is 0. The van der Waals surface area contributed by atoms with Gasteiger partial charge >= 0.3 is 5.97 Å². The van der Waals surface area contributed by atoms with E-state index in [-0.39, 0.29) is 0 Å². The largest absolute Gasteiger partial charge is 0.481 e. The van der Waals surface area contributed by atoms with Crippen molar-refractivity contribution in [3.63, 3.8) is 0 Å². The quantitative estimate of drug-likeness (QED) is 0.787. The molecule has 0 aliphatic carbocycles. The minimum Gasteiger partial charge on any atom is -0.481 e. The van der Waals surface area contributed by atoms with Crippen LogP contribution in [0.15, 0.2) is 18.3 Å². The van der Waals surface area contributed by atoms with E-state index in [1.807, 2.05) is 0 Å². The van der Waals surface area contributed by atoms with Crippen LogP contribution >= 0.6 is 0 Å². The van der Waals surface area contributed by atoms with E-state index in [9.17, 15) is 9.59 Å². The maximum atomic E-state index is 11.7. The summed E-state index contributed by atoms with van der Waals surface area (Å²) in [6.07, 6.45) is 1.66. The van der Waals surface area contributed by atoms with Crippen LogP contribution < -0.4 is 10.1 Å². The smallest absolute Gasteiger partial charge is 0.326 e. The SMILES string of the molecule is CC[C@H](NC(=O)c1ccc(OC)nc1)C(=O)O. The van der Waals surface area contributed by atoms with Crippen molar-refractivity contribution in [1.82, 2.24) is 10.3 Å². The summed E-state index contributed by atoms with van der Waals surface area (Å²) in [7, 11) is 1.47. The second kappa shape index (κ2) is 5.83. The molecule has 6 heteroatoms. The van der Waals surface area contributed by atoms with Crippen molar-refractivity contribution in [2.45, 2.75) is 19.4 Å². The van der Waals surface area contributed by atoms with Crippen LogP contribution in [-0.2, 0) is 4.79 Å². The number of hydrogen-bond acceptors (Lipinski definition) is 4. The highest BCUT2D eigenvalue weighted by molar-refractivity contribution is 5.96. The van der Waals surface area contributed by atoms with Gasteiger partial charge in [0.15, 0.2) is 0 Å². The third-order valence-corrected chi connectivity index (χ3v) is 2.22. The number of nitrogens with one attached hydrogen (secondary N) is 1. The summed E-state index contributed by atoms with van der Waals surface area (Å²) in [6.45, 7) is 1.69. The summed E-state index contributed by atoms with van der Waals surface area (Å²) in [5.74, 6) is -1.12. The highest BCUT2D eigenvalue weighted by Crippen LogP contribution is 2.07. The lowest BCUT2D eigenvalue weighted by Gasteiger charge is -2.11. The van der Waals surface area contributed by atoms with Crippen molar-refractivity contribution >= 4 is 11.9 Å². The number of carbonyl (C=O) groups excluding carboxylic acids is 1. The van der Waals surface area contributed by atoms with Crippen molar-refractivity contribution in [3.05, 3.63) is 23.9 Å². The Balaban J connectivity index is 2.72. The van der Waals surface area contributed by atoms with Crippen molar-refractivity contribution in [2.75, 3.05) is 7.11 Å². The summed E-state index contributed by atoms with van der Waals surface area (Å²) in [5.41, 5.74) is 0.297. The molecule has 1 amide bonds. The van der Waals surface area contributed by atoms with Crippen molar-refractivity contribution < 1.29 is 19.4 Å². The maximum absolute atomic E-state index is 11.7. The minimum atomic E-state index is -1.05. The number of carboxylic acid groups (broad SMARTS) is 1. The first-order valence-electron chi connectivity index (χ1n) is 5.12. The van der Waals surface area contributed by atoms with E-state index >= 15 is 0 Å². The molecular formula is C11H14N2O4. The van der Waals surface area contributed by atoms with E-state index in [1.54, 1.807) is 6.92 Å². The zero-order chi connectivity index (χ0) is 12.8. The molecule has 1 heterocycles. The summed E-state index contributed by atoms with van der Waals surface area (Å²) in [5, 5.41) is 11.2. The number of carboxylic acids is 1. The number of pyridine rings is 1. The van der Waals surface area contributed by atoms with E-state index in [0.717, 1.165) is 0 Å². The minimum absolute atomic E-state index is 0.297. The standard InChI is InChI=1S/C11H14N2O4/c1-3-8(11(15)16)13-10(14)7-4-5-9(17-2)12-6-7/h4-6,8H,3H2,1-2H3,(H,13,14)(H,15,16)/t8-/m0/s1. The lowest BCUT2D eigenvalue weighted by atomic mass is 10.2. The topological polar surface area (TPSA) is 88.5 Å². The monoisotopic (exact) mass is 238 g/mol. The van der Waals surface area contributed by atoms with Gasteiger partial charge in [-0.1, -0.05) is 6.92 Å². The molecule has 0 saturated carbocycles. The van der Waals surface area contributed by atoms with Crippen molar-refractivity contribution in [2.24, 2.45) is 0 Å². The van der Waals surface area contributed by atoms with Gasteiger partial charge in [0.05, 0.1) is 12.7 Å². The fourth-order valence-electron chi connectivity index (χ4n) is 1.22. The van der Waals surface area contributed by atoms with Gasteiger partial charge in [-0.25, -0.2) is 9.78 Å². The van der Waals surface area contributed by atoms with Gasteiger partial charge in [0, 0.05) is 12.3 Å². The third kappa shape index (κ3) is 3.44. The predicted octanol–water partition coefficient (Wildman–Crippen LogP) is 0.683. The average molecular weight is 238 g/mol. The lowest BCUT2D eigenvalue weighted by molar-refractivity contribution is -0.139. The van der Waals surface area contributed by atoms with Crippen LogP contribution in [0.5, 0.6) is 5.88 Å². The number of nitrogens with zero attached hydrogens (tertiary/aromatic N) is 1. The Hall–Kier alpha value is -2.11. The molecule has 17 heavy (non-hydrogen) atoms. The van der Waals surface area contributed by atoms with Crippen LogP contribution in [0, 0.1) is 0 Å². The molecular weight excluding hydrogens is 224 g/mol. The normalized spacial score (nSPS) is 11.6. The highest BCUT2D eigenvalue weighted by atomic mass is 16.5. The second-order valence-corrected chi connectivity index (χ2v) is 3.36. The third-order valence-electron chi connectivity index (χ3n) is 2.22. The molecule has 0 fully saturated rings. The maximum Gasteiger partial charge on any atom is 0.326 e. The van der Waals surface area contributed by atoms with E-state index < -0.39 is 17.9 Å². The number of hydrogen-bond donors (Lipinski definition) is 2. The average Bonchev–Trinajstić information content (AvgIpc) is 2.35. The molecule has 1 aromatic rings. The van der Waals surface area contributed by atoms with Crippen LogP contribution in [-0.4, -0.2) is 35.1 Å². The van der Waals surface area contributed by atoms with Gasteiger partial charge in [0.1, 0.15) is 6.04 Å². The molecule has 0 aromatic carbocycles. The Kier molecular flexibility index (Phi) is 4.45. The van der Waals surface area contributed by atoms with Gasteiger partial charge in [-0.2, -0.15) is 0 Å². The summed E-state index contributed by atoms with van der Waals surface area (Å²) in [6, 6.07) is 2.18. The molecule has 0 aliphatic rings. The molecule has 0 unspecified atom stereocenters. The first-order chi connectivity index (χ1) is 8.08. The summed E-state index contributed by atoms with van der Waals surface area (Å²) in [4.78, 5) is 26.3. The summed E-state index contributed by atoms with van der Waals surface area (Å²) < 4.78 is 4.85. The Morgan fingerprint density at radius 3 is 2.65 bits per heavy atom. The van der Waals surface area contributed by atoms with Crippen LogP contribution in [0.1, 0.15) is 23.7 Å². The van der Waals surface area contributed by atoms with Crippen LogP contribution in [0.2, 0.25) is 0 Å². The number of ether oxygens (including phenoxy) is 1. The number of methoxy groups -OCH3 is 1. The predicted molar refractivity (Wildman–Crippen MR) is 60.0 cm³/mol. The molecule has 1 rings (SSSR count). The Morgan fingerprint density at radius 2 is 2.24 bits per heavy atom. The molecule has 0 saturated heterocycles. The highest BCUT2D eigenvalue weighted by Gasteiger charge is 2.18. The second-order valence-electron chi connectivity index (χ2n) is 3.36. The van der Waals surface area contributed by atoms with Crippen LogP contribution in [0.25, 0.3) is 0 Å². The van der Waals surface area contributed by atoms with Crippen LogP contribution in [0.3, 0.4) is 0 Å². The zero-order valence-electron chi connectivity index (χ0n) is 9.64. The number of rotatable bonds is 5. The number of aromatic nitrogens is 1. The van der Waals surface area contributed by atoms with Crippen LogP contribution in [0.4, 0.5) is 0 Å². The molecule has 2 N–H and O–H groups in total. The van der Waals surface area contributed by atoms with Gasteiger partial charge in [0.2, 0.25) is 5.88 Å². The lowest BCUT2D eigenvalue weighted by Crippen LogP contribution is -2.40. The van der Waals surface area contributed by atoms with E-state index in [4.69, 9.17) is 9.84 Å². The molecule has 92 valence electrons. The van der Waals surface area contributed by atoms with Gasteiger partial charge in [-0.15, -0.1) is 0 Å². The molecule has 1 atom stereocenters. The number of carbonyl (C=O) groups is 2. The van der Waals surface area contributed by atoms with Crippen molar-refractivity contribution in [1.29, 1.82) is 0 Å². The zero-order valence-corrected chi connectivity index (χ0v) is 9.64.